The van der Waals surface area contributed by atoms with E-state index < -0.39 is 30.6 Å². The molecule has 0 heterocycles. The number of hydrogen-bond acceptors (Lipinski definition) is 5. The first-order chi connectivity index (χ1) is 12.5. The molecule has 2 aromatic rings. The van der Waals surface area contributed by atoms with Crippen LogP contribution in [0.2, 0.25) is 0 Å². The Labute approximate surface area is 151 Å². The number of carboxylic acid groups (broad SMARTS) is 1. The number of carboxylic acids is 1. The fourth-order valence-electron chi connectivity index (χ4n) is 2.32. The molecule has 0 aliphatic rings. The van der Waals surface area contributed by atoms with E-state index in [0.717, 1.165) is 11.1 Å². The van der Waals surface area contributed by atoms with Crippen LogP contribution in [0, 0.1) is 0 Å². The fourth-order valence-corrected chi connectivity index (χ4v) is 2.32. The van der Waals surface area contributed by atoms with Crippen molar-refractivity contribution in [3.05, 3.63) is 71.8 Å². The van der Waals surface area contributed by atoms with E-state index >= 15 is 0 Å². The standard InChI is InChI=1S/C19H20N2O5/c20-16(11-14-7-3-1-4-8-14)18(24)21(12-17(22)23)19(25)26-13-15-9-5-2-6-10-15/h1-10,16H,11-13,20H2,(H,22,23). The van der Waals surface area contributed by atoms with Crippen molar-refractivity contribution in [2.45, 2.75) is 19.1 Å². The number of carbonyl (C=O) groups is 3. The Morgan fingerprint density at radius 2 is 1.50 bits per heavy atom. The Bertz CT molecular complexity index is 749. The minimum atomic E-state index is -1.33. The molecule has 1 atom stereocenters. The molecule has 0 saturated heterocycles. The van der Waals surface area contributed by atoms with E-state index in [2.05, 4.69) is 0 Å². The van der Waals surface area contributed by atoms with Crippen molar-refractivity contribution in [3.8, 4) is 0 Å². The van der Waals surface area contributed by atoms with Crippen molar-refractivity contribution in [3.63, 3.8) is 0 Å². The van der Waals surface area contributed by atoms with E-state index in [1.807, 2.05) is 12.1 Å². The maximum Gasteiger partial charge on any atom is 0.417 e. The van der Waals surface area contributed by atoms with Crippen LogP contribution in [0.4, 0.5) is 4.79 Å². The van der Waals surface area contributed by atoms with Gasteiger partial charge in [0.2, 0.25) is 5.91 Å². The van der Waals surface area contributed by atoms with Crippen LogP contribution in [0.1, 0.15) is 11.1 Å². The summed E-state index contributed by atoms with van der Waals surface area (Å²) in [6, 6.07) is 16.8. The summed E-state index contributed by atoms with van der Waals surface area (Å²) in [5, 5.41) is 9.00. The first kappa shape index (κ1) is 19.1. The topological polar surface area (TPSA) is 110 Å². The Hall–Kier alpha value is -3.19. The average Bonchev–Trinajstić information content (AvgIpc) is 2.65. The van der Waals surface area contributed by atoms with Gasteiger partial charge in [-0.2, -0.15) is 0 Å². The van der Waals surface area contributed by atoms with E-state index in [1.165, 1.54) is 0 Å². The van der Waals surface area contributed by atoms with E-state index in [4.69, 9.17) is 15.6 Å². The summed E-state index contributed by atoms with van der Waals surface area (Å²) in [4.78, 5) is 36.2. The zero-order valence-corrected chi connectivity index (χ0v) is 14.1. The minimum Gasteiger partial charge on any atom is -0.480 e. The number of ether oxygens (including phenoxy) is 1. The van der Waals surface area contributed by atoms with Gasteiger partial charge < -0.3 is 15.6 Å². The van der Waals surface area contributed by atoms with E-state index in [1.54, 1.807) is 48.5 Å². The third-order valence-corrected chi connectivity index (χ3v) is 3.60. The number of benzene rings is 2. The van der Waals surface area contributed by atoms with Crippen molar-refractivity contribution in [1.29, 1.82) is 0 Å². The molecule has 0 aliphatic heterocycles. The Morgan fingerprint density at radius 1 is 0.962 bits per heavy atom. The smallest absolute Gasteiger partial charge is 0.417 e. The lowest BCUT2D eigenvalue weighted by Crippen LogP contribution is -2.49. The summed E-state index contributed by atoms with van der Waals surface area (Å²) < 4.78 is 5.06. The summed E-state index contributed by atoms with van der Waals surface area (Å²) in [5.74, 6) is -2.13. The molecule has 2 rings (SSSR count). The van der Waals surface area contributed by atoms with Crippen molar-refractivity contribution in [2.75, 3.05) is 6.54 Å². The van der Waals surface area contributed by atoms with Crippen LogP contribution < -0.4 is 5.73 Å². The minimum absolute atomic E-state index is 0.0724. The number of amides is 2. The summed E-state index contributed by atoms with van der Waals surface area (Å²) in [7, 11) is 0. The maximum atomic E-state index is 12.5. The molecule has 0 saturated carbocycles. The van der Waals surface area contributed by atoms with Crippen LogP contribution in [0.3, 0.4) is 0 Å². The third kappa shape index (κ3) is 5.71. The summed E-state index contributed by atoms with van der Waals surface area (Å²) in [5.41, 5.74) is 7.41. The Balaban J connectivity index is 2.03. The van der Waals surface area contributed by atoms with Gasteiger partial charge in [0.05, 0.1) is 6.04 Å². The van der Waals surface area contributed by atoms with Crippen LogP contribution in [-0.4, -0.2) is 40.6 Å². The molecular weight excluding hydrogens is 336 g/mol. The Morgan fingerprint density at radius 3 is 2.04 bits per heavy atom. The molecule has 0 bridgehead atoms. The summed E-state index contributed by atoms with van der Waals surface area (Å²) in [6.45, 7) is -0.883. The molecule has 0 aliphatic carbocycles. The summed E-state index contributed by atoms with van der Waals surface area (Å²) in [6.07, 6.45) is -0.855. The van der Waals surface area contributed by atoms with Crippen LogP contribution in [0.5, 0.6) is 0 Å². The molecular formula is C19H20N2O5. The average molecular weight is 356 g/mol. The number of rotatable bonds is 7. The van der Waals surface area contributed by atoms with Gasteiger partial charge >= 0.3 is 12.1 Å². The molecule has 7 heteroatoms. The number of nitrogens with two attached hydrogens (primary N) is 1. The highest BCUT2D eigenvalue weighted by molar-refractivity contribution is 5.97. The maximum absolute atomic E-state index is 12.5. The van der Waals surface area contributed by atoms with Gasteiger partial charge in [-0.3, -0.25) is 9.59 Å². The highest BCUT2D eigenvalue weighted by Crippen LogP contribution is 2.08. The van der Waals surface area contributed by atoms with Gasteiger partial charge in [-0.25, -0.2) is 9.69 Å². The molecule has 3 N–H and O–H groups in total. The second-order valence-electron chi connectivity index (χ2n) is 5.65. The molecule has 7 nitrogen and oxygen atoms in total. The number of imide groups is 1. The van der Waals surface area contributed by atoms with Gasteiger partial charge in [0.15, 0.2) is 0 Å². The molecule has 1 unspecified atom stereocenters. The molecule has 0 fully saturated rings. The monoisotopic (exact) mass is 356 g/mol. The molecule has 136 valence electrons. The number of aliphatic carboxylic acids is 1. The van der Waals surface area contributed by atoms with Crippen LogP contribution in [0.15, 0.2) is 60.7 Å². The van der Waals surface area contributed by atoms with Gasteiger partial charge in [0, 0.05) is 0 Å². The molecule has 0 aromatic heterocycles. The van der Waals surface area contributed by atoms with E-state index in [-0.39, 0.29) is 13.0 Å². The van der Waals surface area contributed by atoms with Crippen molar-refractivity contribution in [2.24, 2.45) is 5.73 Å². The lowest BCUT2D eigenvalue weighted by atomic mass is 10.1. The van der Waals surface area contributed by atoms with Gasteiger partial charge in [0.25, 0.3) is 0 Å². The first-order valence-electron chi connectivity index (χ1n) is 8.00. The van der Waals surface area contributed by atoms with Gasteiger partial charge in [-0.1, -0.05) is 60.7 Å². The van der Waals surface area contributed by atoms with Gasteiger partial charge in [-0.05, 0) is 17.5 Å². The molecule has 2 aromatic carbocycles. The van der Waals surface area contributed by atoms with Crippen molar-refractivity contribution in [1.82, 2.24) is 4.90 Å². The lowest BCUT2D eigenvalue weighted by Gasteiger charge is -2.22. The van der Waals surface area contributed by atoms with Crippen LogP contribution >= 0.6 is 0 Å². The number of carbonyl (C=O) groups excluding carboxylic acids is 2. The van der Waals surface area contributed by atoms with Gasteiger partial charge in [-0.15, -0.1) is 0 Å². The first-order valence-corrected chi connectivity index (χ1v) is 8.00. The van der Waals surface area contributed by atoms with E-state index in [9.17, 15) is 14.4 Å². The Kier molecular flexibility index (Phi) is 6.87. The highest BCUT2D eigenvalue weighted by atomic mass is 16.6. The van der Waals surface area contributed by atoms with Crippen LogP contribution in [0.25, 0.3) is 0 Å². The normalized spacial score (nSPS) is 11.4. The second-order valence-corrected chi connectivity index (χ2v) is 5.65. The molecule has 26 heavy (non-hydrogen) atoms. The zero-order chi connectivity index (χ0) is 18.9. The molecule has 2 amide bonds. The quantitative estimate of drug-likeness (QED) is 0.783. The SMILES string of the molecule is NC(Cc1ccccc1)C(=O)N(CC(=O)O)C(=O)OCc1ccccc1. The van der Waals surface area contributed by atoms with Gasteiger partial charge in [0.1, 0.15) is 13.2 Å². The number of hydrogen-bond donors (Lipinski definition) is 2. The lowest BCUT2D eigenvalue weighted by molar-refractivity contribution is -0.143. The third-order valence-electron chi connectivity index (χ3n) is 3.60. The van der Waals surface area contributed by atoms with Crippen LogP contribution in [-0.2, 0) is 27.4 Å². The number of nitrogens with zero attached hydrogens (tertiary/aromatic N) is 1. The summed E-state index contributed by atoms with van der Waals surface area (Å²) >= 11 is 0. The highest BCUT2D eigenvalue weighted by Gasteiger charge is 2.29. The van der Waals surface area contributed by atoms with Crippen molar-refractivity contribution >= 4 is 18.0 Å². The fraction of sp³-hybridized carbons (Fsp3) is 0.211. The van der Waals surface area contributed by atoms with E-state index in [0.29, 0.717) is 4.90 Å². The largest absolute Gasteiger partial charge is 0.480 e. The van der Waals surface area contributed by atoms with Crippen molar-refractivity contribution < 1.29 is 24.2 Å². The predicted molar refractivity (Wildman–Crippen MR) is 94.1 cm³/mol. The predicted octanol–water partition coefficient (Wildman–Crippen LogP) is 1.81. The zero-order valence-electron chi connectivity index (χ0n) is 14.1. The second kappa shape index (κ2) is 9.33. The molecule has 0 radical (unpaired) electrons. The molecule has 0 spiro atoms.